The van der Waals surface area contributed by atoms with Crippen LogP contribution in [-0.4, -0.2) is 72.5 Å². The molecule has 2 saturated heterocycles. The van der Waals surface area contributed by atoms with Gasteiger partial charge in [0, 0.05) is 31.6 Å². The van der Waals surface area contributed by atoms with Crippen molar-refractivity contribution in [3.05, 3.63) is 24.2 Å². The molecule has 10 nitrogen and oxygen atoms in total. The van der Waals surface area contributed by atoms with Gasteiger partial charge in [-0.05, 0) is 48.4 Å². The van der Waals surface area contributed by atoms with Crippen LogP contribution in [0.4, 0.5) is 0 Å². The van der Waals surface area contributed by atoms with Gasteiger partial charge in [0.25, 0.3) is 5.91 Å². The van der Waals surface area contributed by atoms with E-state index in [1.54, 1.807) is 0 Å². The highest BCUT2D eigenvalue weighted by Crippen LogP contribution is 2.36. The van der Waals surface area contributed by atoms with Crippen molar-refractivity contribution in [2.45, 2.75) is 57.0 Å². The molecule has 4 heterocycles. The number of nitrogens with zero attached hydrogens (tertiary/aromatic N) is 7. The largest absolute Gasteiger partial charge is 0.448 e. The van der Waals surface area contributed by atoms with Gasteiger partial charge < -0.3 is 14.2 Å². The van der Waals surface area contributed by atoms with Gasteiger partial charge in [-0.25, -0.2) is 9.67 Å². The molecule has 10 heteroatoms. The molecule has 0 bridgehead atoms. The van der Waals surface area contributed by atoms with Gasteiger partial charge in [-0.2, -0.15) is 0 Å². The minimum Gasteiger partial charge on any atom is -0.448 e. The van der Waals surface area contributed by atoms with E-state index in [1.165, 1.54) is 23.7 Å². The zero-order chi connectivity index (χ0) is 19.8. The fraction of sp³-hybridized carbons (Fsp3) is 0.684. The second-order valence-corrected chi connectivity index (χ2v) is 8.30. The molecule has 154 valence electrons. The number of tetrazole rings is 1. The van der Waals surface area contributed by atoms with E-state index in [1.807, 2.05) is 9.80 Å². The molecule has 0 aromatic carbocycles. The monoisotopic (exact) mass is 399 g/mol. The van der Waals surface area contributed by atoms with Crippen molar-refractivity contribution < 1.29 is 14.0 Å². The number of amides is 2. The SMILES string of the molecule is O=C(Cn1cnnn1)N1CCC2C(CCCN2C(=O)c2coc(C3CCC3)n2)C1. The van der Waals surface area contributed by atoms with Crippen molar-refractivity contribution >= 4 is 11.8 Å². The highest BCUT2D eigenvalue weighted by atomic mass is 16.3. The lowest BCUT2D eigenvalue weighted by Gasteiger charge is -2.47. The van der Waals surface area contributed by atoms with E-state index in [0.717, 1.165) is 38.6 Å². The van der Waals surface area contributed by atoms with Crippen molar-refractivity contribution in [3.8, 4) is 0 Å². The van der Waals surface area contributed by atoms with Crippen LogP contribution in [0, 0.1) is 5.92 Å². The molecule has 0 radical (unpaired) electrons. The first-order valence-corrected chi connectivity index (χ1v) is 10.4. The second kappa shape index (κ2) is 7.57. The Labute approximate surface area is 168 Å². The van der Waals surface area contributed by atoms with Crippen molar-refractivity contribution in [3.63, 3.8) is 0 Å². The van der Waals surface area contributed by atoms with E-state index >= 15 is 0 Å². The molecule has 2 aromatic rings. The molecule has 2 unspecified atom stereocenters. The topological polar surface area (TPSA) is 110 Å². The summed E-state index contributed by atoms with van der Waals surface area (Å²) in [6.45, 7) is 2.19. The Morgan fingerprint density at radius 2 is 2.03 bits per heavy atom. The summed E-state index contributed by atoms with van der Waals surface area (Å²) in [5, 5.41) is 10.9. The van der Waals surface area contributed by atoms with Gasteiger partial charge in [-0.3, -0.25) is 9.59 Å². The summed E-state index contributed by atoms with van der Waals surface area (Å²) < 4.78 is 7.02. The summed E-state index contributed by atoms with van der Waals surface area (Å²) in [6.07, 6.45) is 9.10. The van der Waals surface area contributed by atoms with Crippen LogP contribution < -0.4 is 0 Å². The molecule has 2 aliphatic heterocycles. The van der Waals surface area contributed by atoms with E-state index in [-0.39, 0.29) is 30.3 Å². The minimum absolute atomic E-state index is 0.0147. The van der Waals surface area contributed by atoms with Gasteiger partial charge in [0.05, 0.1) is 0 Å². The van der Waals surface area contributed by atoms with Gasteiger partial charge in [0.1, 0.15) is 19.1 Å². The predicted molar refractivity (Wildman–Crippen MR) is 99.7 cm³/mol. The van der Waals surface area contributed by atoms with Crippen LogP contribution in [0.2, 0.25) is 0 Å². The van der Waals surface area contributed by atoms with Crippen molar-refractivity contribution in [2.24, 2.45) is 5.92 Å². The highest BCUT2D eigenvalue weighted by Gasteiger charge is 2.40. The molecule has 5 rings (SSSR count). The second-order valence-electron chi connectivity index (χ2n) is 8.30. The summed E-state index contributed by atoms with van der Waals surface area (Å²) in [5.74, 6) is 1.34. The third-order valence-corrected chi connectivity index (χ3v) is 6.57. The molecule has 3 fully saturated rings. The molecule has 1 saturated carbocycles. The fourth-order valence-electron chi connectivity index (χ4n) is 4.75. The minimum atomic E-state index is -0.0394. The van der Waals surface area contributed by atoms with Crippen molar-refractivity contribution in [1.29, 1.82) is 0 Å². The first-order valence-electron chi connectivity index (χ1n) is 10.4. The van der Waals surface area contributed by atoms with E-state index in [0.29, 0.717) is 30.6 Å². The first kappa shape index (κ1) is 18.3. The highest BCUT2D eigenvalue weighted by molar-refractivity contribution is 5.92. The Kier molecular flexibility index (Phi) is 4.76. The molecule has 2 amide bonds. The van der Waals surface area contributed by atoms with Crippen LogP contribution in [0.15, 0.2) is 17.0 Å². The molecule has 2 aromatic heterocycles. The maximum absolute atomic E-state index is 13.1. The number of piperidine rings is 2. The van der Waals surface area contributed by atoms with Crippen molar-refractivity contribution in [1.82, 2.24) is 35.0 Å². The standard InChI is InChI=1S/C19H25N7O3/c27-17(10-25-12-20-22-23-25)24-8-6-16-14(9-24)5-2-7-26(16)19(28)15-11-29-18(21-15)13-3-1-4-13/h11-14,16H,1-10H2. The number of rotatable bonds is 4. The third kappa shape index (κ3) is 3.51. The third-order valence-electron chi connectivity index (χ3n) is 6.57. The molecule has 0 spiro atoms. The quantitative estimate of drug-likeness (QED) is 0.756. The van der Waals surface area contributed by atoms with Gasteiger partial charge in [-0.1, -0.05) is 6.42 Å². The van der Waals surface area contributed by atoms with Crippen LogP contribution in [0.25, 0.3) is 0 Å². The van der Waals surface area contributed by atoms with Crippen LogP contribution in [0.3, 0.4) is 0 Å². The van der Waals surface area contributed by atoms with Gasteiger partial charge in [0.2, 0.25) is 5.91 Å². The van der Waals surface area contributed by atoms with Gasteiger partial charge in [0.15, 0.2) is 11.6 Å². The van der Waals surface area contributed by atoms with Gasteiger partial charge in [-0.15, -0.1) is 5.10 Å². The Hall–Kier alpha value is -2.78. The predicted octanol–water partition coefficient (Wildman–Crippen LogP) is 1.08. The average molecular weight is 399 g/mol. The number of carbonyl (C=O) groups is 2. The lowest BCUT2D eigenvalue weighted by molar-refractivity contribution is -0.135. The Balaban J connectivity index is 1.24. The maximum atomic E-state index is 13.1. The average Bonchev–Trinajstić information content (AvgIpc) is 3.37. The number of oxazole rings is 1. The van der Waals surface area contributed by atoms with Crippen LogP contribution in [0.5, 0.6) is 0 Å². The molecule has 29 heavy (non-hydrogen) atoms. The van der Waals surface area contributed by atoms with Crippen LogP contribution in [-0.2, 0) is 11.3 Å². The normalized spacial score (nSPS) is 24.8. The molecule has 2 atom stereocenters. The number of aromatic nitrogens is 5. The lowest BCUT2D eigenvalue weighted by atomic mass is 9.83. The number of fused-ring (bicyclic) bond motifs is 1. The molecule has 0 N–H and O–H groups in total. The zero-order valence-corrected chi connectivity index (χ0v) is 16.3. The molecular weight excluding hydrogens is 374 g/mol. The summed E-state index contributed by atoms with van der Waals surface area (Å²) in [5.41, 5.74) is 0.421. The summed E-state index contributed by atoms with van der Waals surface area (Å²) in [7, 11) is 0. The smallest absolute Gasteiger partial charge is 0.276 e. The van der Waals surface area contributed by atoms with Gasteiger partial charge >= 0.3 is 0 Å². The molecular formula is C19H25N7O3. The van der Waals surface area contributed by atoms with E-state index < -0.39 is 0 Å². The van der Waals surface area contributed by atoms with Crippen molar-refractivity contribution in [2.75, 3.05) is 19.6 Å². The number of hydrogen-bond donors (Lipinski definition) is 0. The summed E-state index contributed by atoms with van der Waals surface area (Å²) in [4.78, 5) is 34.0. The van der Waals surface area contributed by atoms with E-state index in [9.17, 15) is 9.59 Å². The Bertz CT molecular complexity index is 876. The molecule has 1 aliphatic carbocycles. The van der Waals surface area contributed by atoms with E-state index in [2.05, 4.69) is 20.5 Å². The Morgan fingerprint density at radius 3 is 2.79 bits per heavy atom. The van der Waals surface area contributed by atoms with E-state index in [4.69, 9.17) is 4.42 Å². The summed E-state index contributed by atoms with van der Waals surface area (Å²) in [6, 6.07) is 0.150. The lowest BCUT2D eigenvalue weighted by Crippen LogP contribution is -2.57. The number of hydrogen-bond acceptors (Lipinski definition) is 7. The number of carbonyl (C=O) groups excluding carboxylic acids is 2. The fourth-order valence-corrected chi connectivity index (χ4v) is 4.75. The number of likely N-dealkylation sites (tertiary alicyclic amines) is 2. The zero-order valence-electron chi connectivity index (χ0n) is 16.3. The van der Waals surface area contributed by atoms with Crippen LogP contribution in [0.1, 0.15) is 60.8 Å². The first-order chi connectivity index (χ1) is 14.2. The summed E-state index contributed by atoms with van der Waals surface area (Å²) >= 11 is 0. The Morgan fingerprint density at radius 1 is 1.14 bits per heavy atom. The molecule has 3 aliphatic rings. The van der Waals surface area contributed by atoms with Crippen LogP contribution >= 0.6 is 0 Å². The maximum Gasteiger partial charge on any atom is 0.276 e.